The zero-order chi connectivity index (χ0) is 21.8. The molecule has 0 aromatic heterocycles. The Morgan fingerprint density at radius 1 is 0.935 bits per heavy atom. The Labute approximate surface area is 176 Å². The lowest BCUT2D eigenvalue weighted by Crippen LogP contribution is -2.24. The van der Waals surface area contributed by atoms with Crippen molar-refractivity contribution in [3.63, 3.8) is 0 Å². The van der Waals surface area contributed by atoms with Crippen molar-refractivity contribution in [3.05, 3.63) is 93.5 Å². The lowest BCUT2D eigenvalue weighted by Gasteiger charge is -2.12. The van der Waals surface area contributed by atoms with Gasteiger partial charge in [0, 0.05) is 24.2 Å². The third-order valence-corrected chi connectivity index (χ3v) is 4.65. The number of nitrogens with zero attached hydrogens (tertiary/aromatic N) is 1. The molecule has 0 fully saturated rings. The molecule has 1 aliphatic heterocycles. The molecule has 156 valence electrons. The number of benzene rings is 3. The van der Waals surface area contributed by atoms with Gasteiger partial charge in [0.1, 0.15) is 0 Å². The van der Waals surface area contributed by atoms with Gasteiger partial charge in [-0.3, -0.25) is 19.7 Å². The second kappa shape index (κ2) is 8.54. The number of amides is 2. The van der Waals surface area contributed by atoms with E-state index >= 15 is 0 Å². The fourth-order valence-electron chi connectivity index (χ4n) is 3.05. The van der Waals surface area contributed by atoms with Crippen LogP contribution < -0.4 is 20.1 Å². The van der Waals surface area contributed by atoms with Crippen LogP contribution in [0.5, 0.6) is 11.5 Å². The summed E-state index contributed by atoms with van der Waals surface area (Å²) in [6, 6.07) is 17.2. The molecule has 3 aromatic rings. The highest BCUT2D eigenvalue weighted by Gasteiger charge is 2.16. The summed E-state index contributed by atoms with van der Waals surface area (Å²) >= 11 is 0. The maximum absolute atomic E-state index is 12.7. The van der Waals surface area contributed by atoms with Crippen molar-refractivity contribution in [2.75, 3.05) is 12.1 Å². The highest BCUT2D eigenvalue weighted by atomic mass is 16.7. The number of anilines is 1. The topological polar surface area (TPSA) is 120 Å². The number of ether oxygens (including phenoxy) is 2. The number of nitrogens with one attached hydrogen (secondary N) is 2. The van der Waals surface area contributed by atoms with Crippen LogP contribution in [-0.4, -0.2) is 23.5 Å². The Morgan fingerprint density at radius 2 is 1.68 bits per heavy atom. The minimum atomic E-state index is -0.540. The van der Waals surface area contributed by atoms with E-state index < -0.39 is 10.8 Å². The van der Waals surface area contributed by atoms with Crippen LogP contribution in [0, 0.1) is 10.1 Å². The summed E-state index contributed by atoms with van der Waals surface area (Å²) in [7, 11) is 0. The molecule has 0 aliphatic carbocycles. The van der Waals surface area contributed by atoms with Crippen LogP contribution in [-0.2, 0) is 6.54 Å². The molecular formula is C22H17N3O6. The van der Waals surface area contributed by atoms with Gasteiger partial charge in [-0.15, -0.1) is 0 Å². The van der Waals surface area contributed by atoms with E-state index in [0.29, 0.717) is 22.7 Å². The van der Waals surface area contributed by atoms with Gasteiger partial charge in [-0.05, 0) is 42.0 Å². The summed E-state index contributed by atoms with van der Waals surface area (Å²) in [6.45, 7) is 0.438. The molecule has 1 aliphatic rings. The van der Waals surface area contributed by atoms with Gasteiger partial charge in [-0.2, -0.15) is 0 Å². The zero-order valence-electron chi connectivity index (χ0n) is 16.2. The van der Waals surface area contributed by atoms with Gasteiger partial charge in [0.25, 0.3) is 17.5 Å². The molecule has 0 radical (unpaired) electrons. The van der Waals surface area contributed by atoms with Crippen LogP contribution in [0.25, 0.3) is 0 Å². The van der Waals surface area contributed by atoms with Gasteiger partial charge >= 0.3 is 0 Å². The van der Waals surface area contributed by atoms with Crippen molar-refractivity contribution in [3.8, 4) is 11.5 Å². The highest BCUT2D eigenvalue weighted by Crippen LogP contribution is 2.32. The summed E-state index contributed by atoms with van der Waals surface area (Å²) in [5.74, 6) is 0.445. The van der Waals surface area contributed by atoms with E-state index in [2.05, 4.69) is 10.6 Å². The minimum Gasteiger partial charge on any atom is -0.454 e. The Kier molecular flexibility index (Phi) is 5.48. The summed E-state index contributed by atoms with van der Waals surface area (Å²) in [4.78, 5) is 35.5. The van der Waals surface area contributed by atoms with Crippen LogP contribution in [0.3, 0.4) is 0 Å². The standard InChI is InChI=1S/C22H17N3O6/c26-21(15-6-8-16(9-7-15)25(28)29)24-18-4-2-1-3-17(18)22(27)23-12-14-5-10-19-20(11-14)31-13-30-19/h1-11H,12-13H2,(H,23,27)(H,24,26). The molecule has 0 saturated heterocycles. The Hall–Kier alpha value is -4.40. The van der Waals surface area contributed by atoms with E-state index in [9.17, 15) is 19.7 Å². The number of non-ortho nitro benzene ring substituents is 1. The molecule has 31 heavy (non-hydrogen) atoms. The number of fused-ring (bicyclic) bond motifs is 1. The number of nitro benzene ring substituents is 1. The SMILES string of the molecule is O=C(Nc1ccccc1C(=O)NCc1ccc2c(c1)OCO2)c1ccc([N+](=O)[O-])cc1. The molecule has 3 aromatic carbocycles. The number of para-hydroxylation sites is 1. The predicted molar refractivity (Wildman–Crippen MR) is 111 cm³/mol. The largest absolute Gasteiger partial charge is 0.454 e. The molecule has 0 bridgehead atoms. The van der Waals surface area contributed by atoms with Crippen LogP contribution in [0.15, 0.2) is 66.7 Å². The van der Waals surface area contributed by atoms with Crippen LogP contribution in [0.4, 0.5) is 11.4 Å². The first-order valence-electron chi connectivity index (χ1n) is 9.33. The Balaban J connectivity index is 1.44. The minimum absolute atomic E-state index is 0.111. The maximum Gasteiger partial charge on any atom is 0.269 e. The molecule has 1 heterocycles. The van der Waals surface area contributed by atoms with E-state index in [4.69, 9.17) is 9.47 Å². The van der Waals surface area contributed by atoms with Crippen LogP contribution in [0.1, 0.15) is 26.3 Å². The Morgan fingerprint density at radius 3 is 2.45 bits per heavy atom. The van der Waals surface area contributed by atoms with E-state index in [0.717, 1.165) is 5.56 Å². The van der Waals surface area contributed by atoms with Crippen LogP contribution in [0.2, 0.25) is 0 Å². The van der Waals surface area contributed by atoms with Gasteiger partial charge < -0.3 is 20.1 Å². The van der Waals surface area contributed by atoms with Gasteiger partial charge in [0.2, 0.25) is 6.79 Å². The fraction of sp³-hybridized carbons (Fsp3) is 0.0909. The van der Waals surface area contributed by atoms with Crippen molar-refractivity contribution >= 4 is 23.2 Å². The molecule has 2 N–H and O–H groups in total. The quantitative estimate of drug-likeness (QED) is 0.466. The van der Waals surface area contributed by atoms with Crippen molar-refractivity contribution in [1.29, 1.82) is 0 Å². The van der Waals surface area contributed by atoms with Crippen molar-refractivity contribution in [2.24, 2.45) is 0 Å². The van der Waals surface area contributed by atoms with Crippen molar-refractivity contribution in [1.82, 2.24) is 5.32 Å². The molecule has 0 unspecified atom stereocenters. The van der Waals surface area contributed by atoms with E-state index in [-0.39, 0.29) is 30.5 Å². The average Bonchev–Trinajstić information content (AvgIpc) is 3.26. The lowest BCUT2D eigenvalue weighted by atomic mass is 10.1. The van der Waals surface area contributed by atoms with Gasteiger partial charge in [0.15, 0.2) is 11.5 Å². The molecule has 2 amide bonds. The average molecular weight is 419 g/mol. The van der Waals surface area contributed by atoms with Crippen LogP contribution >= 0.6 is 0 Å². The second-order valence-corrected chi connectivity index (χ2v) is 6.67. The lowest BCUT2D eigenvalue weighted by molar-refractivity contribution is -0.384. The fourth-order valence-corrected chi connectivity index (χ4v) is 3.05. The number of carbonyl (C=O) groups is 2. The molecule has 9 heteroatoms. The van der Waals surface area contributed by atoms with Gasteiger partial charge in [-0.25, -0.2) is 0 Å². The summed E-state index contributed by atoms with van der Waals surface area (Å²) in [5.41, 5.74) is 1.58. The van der Waals surface area contributed by atoms with Gasteiger partial charge in [-0.1, -0.05) is 18.2 Å². The van der Waals surface area contributed by atoms with Crippen molar-refractivity contribution < 1.29 is 24.0 Å². The maximum atomic E-state index is 12.7. The highest BCUT2D eigenvalue weighted by molar-refractivity contribution is 6.09. The van der Waals surface area contributed by atoms with E-state index in [1.54, 1.807) is 36.4 Å². The zero-order valence-corrected chi connectivity index (χ0v) is 16.2. The normalized spacial score (nSPS) is 11.6. The first-order valence-corrected chi connectivity index (χ1v) is 9.33. The number of hydrogen-bond donors (Lipinski definition) is 2. The summed E-state index contributed by atoms with van der Waals surface area (Å²) in [5, 5.41) is 16.3. The Bertz CT molecular complexity index is 1160. The number of hydrogen-bond acceptors (Lipinski definition) is 6. The molecule has 0 spiro atoms. The molecule has 0 atom stereocenters. The molecule has 9 nitrogen and oxygen atoms in total. The monoisotopic (exact) mass is 419 g/mol. The van der Waals surface area contributed by atoms with E-state index in [1.807, 2.05) is 6.07 Å². The molecule has 0 saturated carbocycles. The smallest absolute Gasteiger partial charge is 0.269 e. The summed E-state index contributed by atoms with van der Waals surface area (Å²) < 4.78 is 10.6. The van der Waals surface area contributed by atoms with Gasteiger partial charge in [0.05, 0.1) is 16.2 Å². The summed E-state index contributed by atoms with van der Waals surface area (Å²) in [6.07, 6.45) is 0. The number of nitro groups is 1. The first kappa shape index (κ1) is 19.9. The van der Waals surface area contributed by atoms with Crippen molar-refractivity contribution in [2.45, 2.75) is 6.54 Å². The number of rotatable bonds is 6. The number of carbonyl (C=O) groups excluding carboxylic acids is 2. The molecule has 4 rings (SSSR count). The third kappa shape index (κ3) is 4.45. The second-order valence-electron chi connectivity index (χ2n) is 6.67. The predicted octanol–water partition coefficient (Wildman–Crippen LogP) is 3.51. The first-order chi connectivity index (χ1) is 15.0. The third-order valence-electron chi connectivity index (χ3n) is 4.65. The van der Waals surface area contributed by atoms with E-state index in [1.165, 1.54) is 24.3 Å². The molecular weight excluding hydrogens is 402 g/mol.